The van der Waals surface area contributed by atoms with Gasteiger partial charge in [-0.05, 0) is 13.3 Å². The van der Waals surface area contributed by atoms with E-state index in [9.17, 15) is 14.4 Å². The summed E-state index contributed by atoms with van der Waals surface area (Å²) in [5.41, 5.74) is 1.28. The number of carbonyl (C=O) groups excluding carboxylic acids is 3. The quantitative estimate of drug-likeness (QED) is 0.786. The maximum atomic E-state index is 11.9. The van der Waals surface area contributed by atoms with Crippen LogP contribution in [0.2, 0.25) is 0 Å². The van der Waals surface area contributed by atoms with Crippen molar-refractivity contribution < 1.29 is 14.4 Å². The van der Waals surface area contributed by atoms with Gasteiger partial charge in [0.25, 0.3) is 0 Å². The summed E-state index contributed by atoms with van der Waals surface area (Å²) < 4.78 is 0. The Morgan fingerprint density at radius 2 is 1.83 bits per heavy atom. The van der Waals surface area contributed by atoms with E-state index in [1.54, 1.807) is 19.1 Å². The fourth-order valence-electron chi connectivity index (χ4n) is 2.14. The van der Waals surface area contributed by atoms with Crippen molar-refractivity contribution in [3.05, 3.63) is 46.5 Å². The van der Waals surface area contributed by atoms with Crippen LogP contribution in [0.15, 0.2) is 30.3 Å². The number of anilines is 1. The third-order valence-electron chi connectivity index (χ3n) is 3.27. The molecule has 2 rings (SSSR count). The highest BCUT2D eigenvalue weighted by Crippen LogP contribution is 2.23. The number of hydrogen-bond acceptors (Lipinski definition) is 5. The second-order valence-corrected chi connectivity index (χ2v) is 6.18. The lowest BCUT2D eigenvalue weighted by molar-refractivity contribution is -0.116. The zero-order valence-corrected chi connectivity index (χ0v) is 13.9. The van der Waals surface area contributed by atoms with Crippen molar-refractivity contribution in [1.82, 2.24) is 4.98 Å². The molecule has 1 aromatic heterocycles. The molecule has 1 amide bonds. The topological polar surface area (TPSA) is 76.1 Å². The van der Waals surface area contributed by atoms with Crippen molar-refractivity contribution in [1.29, 1.82) is 0 Å². The number of aromatic nitrogens is 1. The highest BCUT2D eigenvalue weighted by Gasteiger charge is 2.13. The van der Waals surface area contributed by atoms with Crippen LogP contribution >= 0.6 is 11.3 Å². The minimum atomic E-state index is -0.199. The molecule has 0 aliphatic heterocycles. The molecule has 0 bridgehead atoms. The highest BCUT2D eigenvalue weighted by atomic mass is 32.1. The fraction of sp³-hybridized carbons (Fsp3) is 0.294. The van der Waals surface area contributed by atoms with Gasteiger partial charge in [0.2, 0.25) is 5.91 Å². The summed E-state index contributed by atoms with van der Waals surface area (Å²) in [6.07, 6.45) is 1.04. The van der Waals surface area contributed by atoms with Crippen molar-refractivity contribution in [3.8, 4) is 0 Å². The van der Waals surface area contributed by atoms with Crippen LogP contribution in [0.1, 0.15) is 51.9 Å². The predicted octanol–water partition coefficient (Wildman–Crippen LogP) is 3.65. The Bertz CT molecular complexity index is 723. The summed E-state index contributed by atoms with van der Waals surface area (Å²) >= 11 is 1.17. The maximum absolute atomic E-state index is 11.9. The zero-order valence-electron chi connectivity index (χ0n) is 13.1. The average molecular weight is 330 g/mol. The number of rotatable bonds is 7. The molecular weight excluding hydrogens is 312 g/mol. The average Bonchev–Trinajstić information content (AvgIpc) is 2.88. The number of thiazole rings is 1. The first-order chi connectivity index (χ1) is 11.0. The SMILES string of the molecule is CC(=O)c1sc(NC(=O)CCCC(=O)c2ccccc2)nc1C. The van der Waals surface area contributed by atoms with Gasteiger partial charge >= 0.3 is 0 Å². The van der Waals surface area contributed by atoms with E-state index in [1.165, 1.54) is 18.3 Å². The van der Waals surface area contributed by atoms with Crippen LogP contribution in [0.5, 0.6) is 0 Å². The van der Waals surface area contributed by atoms with E-state index < -0.39 is 0 Å². The number of benzene rings is 1. The molecule has 6 heteroatoms. The summed E-state index contributed by atoms with van der Waals surface area (Å²) in [6.45, 7) is 3.21. The third-order valence-corrected chi connectivity index (χ3v) is 4.44. The second kappa shape index (κ2) is 7.78. The van der Waals surface area contributed by atoms with Crippen molar-refractivity contribution in [2.24, 2.45) is 0 Å². The minimum absolute atomic E-state index is 0.0300. The van der Waals surface area contributed by atoms with Crippen LogP contribution in [0.4, 0.5) is 5.13 Å². The number of amides is 1. The smallest absolute Gasteiger partial charge is 0.226 e. The van der Waals surface area contributed by atoms with Crippen molar-refractivity contribution >= 4 is 33.9 Å². The Balaban J connectivity index is 1.80. The molecule has 0 aliphatic rings. The van der Waals surface area contributed by atoms with E-state index >= 15 is 0 Å². The molecule has 0 saturated heterocycles. The number of nitrogens with zero attached hydrogens (tertiary/aromatic N) is 1. The Kier molecular flexibility index (Phi) is 5.76. The fourth-order valence-corrected chi connectivity index (χ4v) is 3.01. The van der Waals surface area contributed by atoms with E-state index in [1.807, 2.05) is 18.2 Å². The first-order valence-corrected chi connectivity index (χ1v) is 8.15. The summed E-state index contributed by atoms with van der Waals surface area (Å²) in [5, 5.41) is 3.10. The molecule has 2 aromatic rings. The number of hydrogen-bond donors (Lipinski definition) is 1. The van der Waals surface area contributed by atoms with Crippen molar-refractivity contribution in [3.63, 3.8) is 0 Å². The van der Waals surface area contributed by atoms with Crippen molar-refractivity contribution in [2.45, 2.75) is 33.1 Å². The molecule has 1 N–H and O–H groups in total. The molecule has 120 valence electrons. The molecule has 0 radical (unpaired) electrons. The van der Waals surface area contributed by atoms with Gasteiger partial charge in [-0.15, -0.1) is 0 Å². The Morgan fingerprint density at radius 1 is 1.13 bits per heavy atom. The monoisotopic (exact) mass is 330 g/mol. The van der Waals surface area contributed by atoms with Crippen molar-refractivity contribution in [2.75, 3.05) is 5.32 Å². The van der Waals surface area contributed by atoms with Gasteiger partial charge in [-0.3, -0.25) is 14.4 Å². The lowest BCUT2D eigenvalue weighted by atomic mass is 10.1. The molecular formula is C17H18N2O3S. The maximum Gasteiger partial charge on any atom is 0.226 e. The predicted molar refractivity (Wildman–Crippen MR) is 90.1 cm³/mol. The van der Waals surface area contributed by atoms with E-state index in [2.05, 4.69) is 10.3 Å². The lowest BCUT2D eigenvalue weighted by Gasteiger charge is -2.02. The van der Waals surface area contributed by atoms with Gasteiger partial charge in [0, 0.05) is 25.3 Å². The Labute approximate surface area is 138 Å². The Morgan fingerprint density at radius 3 is 2.43 bits per heavy atom. The molecule has 0 aliphatic carbocycles. The number of nitrogens with one attached hydrogen (secondary N) is 1. The van der Waals surface area contributed by atoms with Gasteiger partial charge in [0.1, 0.15) is 0 Å². The molecule has 0 atom stereocenters. The van der Waals surface area contributed by atoms with Crippen LogP contribution in [0.25, 0.3) is 0 Å². The molecule has 0 saturated carbocycles. The molecule has 1 aromatic carbocycles. The van der Waals surface area contributed by atoms with E-state index in [4.69, 9.17) is 0 Å². The molecule has 0 unspecified atom stereocenters. The van der Waals surface area contributed by atoms with Crippen LogP contribution in [0, 0.1) is 6.92 Å². The van der Waals surface area contributed by atoms with Crippen LogP contribution in [-0.4, -0.2) is 22.5 Å². The number of Topliss-reactive ketones (excluding diaryl/α,β-unsaturated/α-hetero) is 2. The third kappa shape index (κ3) is 4.82. The summed E-state index contributed by atoms with van der Waals surface area (Å²) in [6, 6.07) is 9.03. The largest absolute Gasteiger partial charge is 0.302 e. The van der Waals surface area contributed by atoms with E-state index in [-0.39, 0.29) is 23.9 Å². The zero-order chi connectivity index (χ0) is 16.8. The minimum Gasteiger partial charge on any atom is -0.302 e. The number of aryl methyl sites for hydroxylation is 1. The van der Waals surface area contributed by atoms with Gasteiger partial charge in [-0.2, -0.15) is 0 Å². The lowest BCUT2D eigenvalue weighted by Crippen LogP contribution is -2.11. The summed E-state index contributed by atoms with van der Waals surface area (Å²) in [7, 11) is 0. The molecule has 0 fully saturated rings. The Hall–Kier alpha value is -2.34. The molecule has 23 heavy (non-hydrogen) atoms. The molecule has 1 heterocycles. The van der Waals surface area contributed by atoms with Crippen LogP contribution < -0.4 is 5.32 Å². The normalized spacial score (nSPS) is 10.3. The van der Waals surface area contributed by atoms with Crippen LogP contribution in [-0.2, 0) is 4.79 Å². The van der Waals surface area contributed by atoms with E-state index in [0.717, 1.165) is 0 Å². The summed E-state index contributed by atoms with van der Waals surface area (Å²) in [4.78, 5) is 39.9. The number of carbonyl (C=O) groups is 3. The first-order valence-electron chi connectivity index (χ1n) is 7.34. The van der Waals surface area contributed by atoms with Gasteiger partial charge in [0.05, 0.1) is 10.6 Å². The van der Waals surface area contributed by atoms with Gasteiger partial charge in [-0.25, -0.2) is 4.98 Å². The molecule has 0 spiro atoms. The summed E-state index contributed by atoms with van der Waals surface area (Å²) in [5.74, 6) is -0.231. The second-order valence-electron chi connectivity index (χ2n) is 5.18. The molecule has 5 nitrogen and oxygen atoms in total. The van der Waals surface area contributed by atoms with E-state index in [0.29, 0.717) is 34.1 Å². The first kappa shape index (κ1) is 17.0. The van der Waals surface area contributed by atoms with Crippen LogP contribution in [0.3, 0.4) is 0 Å². The van der Waals surface area contributed by atoms with Gasteiger partial charge in [0.15, 0.2) is 16.7 Å². The van der Waals surface area contributed by atoms with Gasteiger partial charge < -0.3 is 5.32 Å². The van der Waals surface area contributed by atoms with Gasteiger partial charge in [-0.1, -0.05) is 41.7 Å². The standard InChI is InChI=1S/C17H18N2O3S/c1-11-16(12(2)20)23-17(18-11)19-15(22)10-6-9-14(21)13-7-4-3-5-8-13/h3-5,7-8H,6,9-10H2,1-2H3,(H,18,19,22). The number of ketones is 2. The highest BCUT2D eigenvalue weighted by molar-refractivity contribution is 7.17.